The van der Waals surface area contributed by atoms with E-state index < -0.39 is 0 Å². The summed E-state index contributed by atoms with van der Waals surface area (Å²) >= 11 is 0. The number of carbonyl (C=O) groups excluding carboxylic acids is 1. The summed E-state index contributed by atoms with van der Waals surface area (Å²) in [7, 11) is 0. The monoisotopic (exact) mass is 327 g/mol. The molecule has 1 saturated heterocycles. The molecule has 1 aliphatic rings. The third-order valence-corrected chi connectivity index (χ3v) is 4.86. The number of carbonyl (C=O) groups is 1. The van der Waals surface area contributed by atoms with Crippen molar-refractivity contribution >= 4 is 5.91 Å². The molecule has 6 nitrogen and oxygen atoms in total. The normalized spacial score (nSPS) is 19.3. The van der Waals surface area contributed by atoms with Crippen LogP contribution in [0.15, 0.2) is 30.3 Å². The summed E-state index contributed by atoms with van der Waals surface area (Å²) in [5.74, 6) is 0.507. The Bertz CT molecular complexity index is 695. The van der Waals surface area contributed by atoms with Gasteiger partial charge in [0.15, 0.2) is 0 Å². The summed E-state index contributed by atoms with van der Waals surface area (Å²) in [5.41, 5.74) is 8.62. The van der Waals surface area contributed by atoms with E-state index >= 15 is 0 Å². The van der Waals surface area contributed by atoms with Gasteiger partial charge in [0.2, 0.25) is 5.91 Å². The predicted octanol–water partition coefficient (Wildman–Crippen LogP) is 1.70. The van der Waals surface area contributed by atoms with E-state index in [1.54, 1.807) is 4.68 Å². The number of nitrogens with two attached hydrogens (primary N) is 1. The number of amides is 1. The van der Waals surface area contributed by atoms with E-state index in [-0.39, 0.29) is 11.9 Å². The molecule has 0 bridgehead atoms. The lowest BCUT2D eigenvalue weighted by atomic mass is 9.92. The first kappa shape index (κ1) is 16.6. The molecule has 128 valence electrons. The largest absolute Gasteiger partial charge is 0.342 e. The summed E-state index contributed by atoms with van der Waals surface area (Å²) < 4.78 is 1.78. The van der Waals surface area contributed by atoms with Crippen LogP contribution in [0.5, 0.6) is 0 Å². The summed E-state index contributed by atoms with van der Waals surface area (Å²) in [4.78, 5) is 14.6. The molecule has 1 aromatic carbocycles. The number of aromatic nitrogens is 3. The molecule has 0 saturated carbocycles. The van der Waals surface area contributed by atoms with Gasteiger partial charge >= 0.3 is 0 Å². The van der Waals surface area contributed by atoms with Crippen molar-refractivity contribution in [1.29, 1.82) is 0 Å². The maximum absolute atomic E-state index is 12.6. The zero-order chi connectivity index (χ0) is 17.1. The average molecular weight is 327 g/mol. The van der Waals surface area contributed by atoms with Crippen molar-refractivity contribution in [2.24, 2.45) is 11.7 Å². The van der Waals surface area contributed by atoms with Gasteiger partial charge in [-0.25, -0.2) is 4.68 Å². The summed E-state index contributed by atoms with van der Waals surface area (Å²) in [5, 5.41) is 8.43. The van der Waals surface area contributed by atoms with Crippen LogP contribution in [0.2, 0.25) is 0 Å². The first-order valence-corrected chi connectivity index (χ1v) is 8.56. The highest BCUT2D eigenvalue weighted by Crippen LogP contribution is 2.20. The van der Waals surface area contributed by atoms with Crippen molar-refractivity contribution in [3.05, 3.63) is 41.7 Å². The van der Waals surface area contributed by atoms with Gasteiger partial charge in [-0.1, -0.05) is 23.4 Å². The van der Waals surface area contributed by atoms with E-state index in [0.29, 0.717) is 12.3 Å². The fraction of sp³-hybridized carbons (Fsp3) is 0.500. The molecule has 0 aliphatic carbocycles. The minimum Gasteiger partial charge on any atom is -0.342 e. The van der Waals surface area contributed by atoms with Gasteiger partial charge in [-0.2, -0.15) is 0 Å². The van der Waals surface area contributed by atoms with Crippen molar-refractivity contribution in [3.8, 4) is 5.69 Å². The Morgan fingerprint density at radius 3 is 2.83 bits per heavy atom. The Hall–Kier alpha value is -2.21. The van der Waals surface area contributed by atoms with E-state index in [9.17, 15) is 4.79 Å². The van der Waals surface area contributed by atoms with Crippen LogP contribution in [0.25, 0.3) is 5.69 Å². The van der Waals surface area contributed by atoms with Gasteiger partial charge in [0, 0.05) is 19.1 Å². The van der Waals surface area contributed by atoms with Crippen LogP contribution in [0.4, 0.5) is 0 Å². The first-order chi connectivity index (χ1) is 11.6. The number of para-hydroxylation sites is 1. The molecule has 0 radical (unpaired) electrons. The minimum atomic E-state index is 0.114. The number of rotatable bonds is 4. The first-order valence-electron chi connectivity index (χ1n) is 8.56. The van der Waals surface area contributed by atoms with Gasteiger partial charge in [0.05, 0.1) is 23.5 Å². The lowest BCUT2D eigenvalue weighted by Gasteiger charge is -2.34. The van der Waals surface area contributed by atoms with Crippen LogP contribution in [-0.2, 0) is 11.2 Å². The molecule has 24 heavy (non-hydrogen) atoms. The van der Waals surface area contributed by atoms with E-state index in [1.165, 1.54) is 0 Å². The van der Waals surface area contributed by atoms with E-state index in [4.69, 9.17) is 5.73 Å². The van der Waals surface area contributed by atoms with E-state index in [2.05, 4.69) is 10.3 Å². The Morgan fingerprint density at radius 1 is 1.38 bits per heavy atom. The molecule has 1 aromatic heterocycles. The smallest absolute Gasteiger partial charge is 0.228 e. The number of benzene rings is 1. The van der Waals surface area contributed by atoms with Gasteiger partial charge in [-0.05, 0) is 44.7 Å². The highest BCUT2D eigenvalue weighted by Gasteiger charge is 2.26. The third-order valence-electron chi connectivity index (χ3n) is 4.86. The lowest BCUT2D eigenvalue weighted by Crippen LogP contribution is -2.45. The fourth-order valence-electron chi connectivity index (χ4n) is 3.26. The van der Waals surface area contributed by atoms with Gasteiger partial charge in [0.25, 0.3) is 0 Å². The number of hydrogen-bond donors (Lipinski definition) is 1. The molecule has 1 amide bonds. The van der Waals surface area contributed by atoms with Gasteiger partial charge in [-0.15, -0.1) is 5.10 Å². The maximum Gasteiger partial charge on any atom is 0.228 e. The zero-order valence-electron chi connectivity index (χ0n) is 14.4. The van der Waals surface area contributed by atoms with Gasteiger partial charge in [0.1, 0.15) is 0 Å². The molecule has 2 aromatic rings. The average Bonchev–Trinajstić information content (AvgIpc) is 2.96. The van der Waals surface area contributed by atoms with Crippen LogP contribution in [0.1, 0.15) is 31.2 Å². The van der Waals surface area contributed by atoms with Crippen molar-refractivity contribution < 1.29 is 4.79 Å². The standard InChI is InChI=1S/C18H25N5O/c1-13(19)15-7-6-10-22(12-15)18(24)11-17-14(2)23(21-20-17)16-8-4-3-5-9-16/h3-5,8-9,13,15H,6-7,10-12,19H2,1-2H3. The molecule has 1 aliphatic heterocycles. The quantitative estimate of drug-likeness (QED) is 0.927. The van der Waals surface area contributed by atoms with Crippen LogP contribution in [0, 0.1) is 12.8 Å². The SMILES string of the molecule is Cc1c(CC(=O)N2CCCC(C(C)N)C2)nnn1-c1ccccc1. The van der Waals surface area contributed by atoms with Gasteiger partial charge in [-0.3, -0.25) is 4.79 Å². The Balaban J connectivity index is 1.70. The molecule has 2 N–H and O–H groups in total. The van der Waals surface area contributed by atoms with Crippen LogP contribution >= 0.6 is 0 Å². The van der Waals surface area contributed by atoms with E-state index in [1.807, 2.05) is 49.1 Å². The second-order valence-corrected chi connectivity index (χ2v) is 6.65. The van der Waals surface area contributed by atoms with Crippen molar-refractivity contribution in [1.82, 2.24) is 19.9 Å². The van der Waals surface area contributed by atoms with Crippen molar-refractivity contribution in [3.63, 3.8) is 0 Å². The second-order valence-electron chi connectivity index (χ2n) is 6.65. The summed E-state index contributed by atoms with van der Waals surface area (Å²) in [6, 6.07) is 9.97. The molecular weight excluding hydrogens is 302 g/mol. The number of piperidine rings is 1. The molecule has 3 rings (SSSR count). The van der Waals surface area contributed by atoms with E-state index in [0.717, 1.165) is 43.0 Å². The Kier molecular flexibility index (Phi) is 4.94. The zero-order valence-corrected chi connectivity index (χ0v) is 14.4. The van der Waals surface area contributed by atoms with Crippen molar-refractivity contribution in [2.75, 3.05) is 13.1 Å². The third kappa shape index (κ3) is 3.48. The molecule has 2 heterocycles. The number of nitrogens with zero attached hydrogens (tertiary/aromatic N) is 4. The minimum absolute atomic E-state index is 0.114. The molecule has 0 spiro atoms. The fourth-order valence-corrected chi connectivity index (χ4v) is 3.26. The molecule has 6 heteroatoms. The molecule has 2 atom stereocenters. The number of likely N-dealkylation sites (tertiary alicyclic amines) is 1. The predicted molar refractivity (Wildman–Crippen MR) is 92.8 cm³/mol. The topological polar surface area (TPSA) is 77.0 Å². The highest BCUT2D eigenvalue weighted by atomic mass is 16.2. The summed E-state index contributed by atoms with van der Waals surface area (Å²) in [6.45, 7) is 5.54. The lowest BCUT2D eigenvalue weighted by molar-refractivity contribution is -0.132. The molecule has 2 unspecified atom stereocenters. The maximum atomic E-state index is 12.6. The Labute approximate surface area is 142 Å². The summed E-state index contributed by atoms with van der Waals surface area (Å²) in [6.07, 6.45) is 2.42. The van der Waals surface area contributed by atoms with Crippen LogP contribution in [0.3, 0.4) is 0 Å². The Morgan fingerprint density at radius 2 is 2.12 bits per heavy atom. The van der Waals surface area contributed by atoms with Crippen molar-refractivity contribution in [2.45, 2.75) is 39.2 Å². The highest BCUT2D eigenvalue weighted by molar-refractivity contribution is 5.78. The van der Waals surface area contributed by atoms with Crippen LogP contribution < -0.4 is 5.73 Å². The van der Waals surface area contributed by atoms with Gasteiger partial charge < -0.3 is 10.6 Å². The second kappa shape index (κ2) is 7.13. The van der Waals surface area contributed by atoms with Crippen LogP contribution in [-0.4, -0.2) is 44.9 Å². The molecular formula is C18H25N5O. The molecule has 1 fully saturated rings. The number of hydrogen-bond acceptors (Lipinski definition) is 4.